The molecule has 0 spiro atoms. The predicted octanol–water partition coefficient (Wildman–Crippen LogP) is 2.86. The Hall–Kier alpha value is -4.25. The molecule has 1 aromatic carbocycles. The Kier molecular flexibility index (Phi) is 6.78. The lowest BCUT2D eigenvalue weighted by molar-refractivity contribution is -0.402. The van der Waals surface area contributed by atoms with Gasteiger partial charge >= 0.3 is 11.9 Å². The van der Waals surface area contributed by atoms with E-state index in [1.165, 1.54) is 22.8 Å². The molecular weight excluding hydrogens is 474 g/mol. The number of nitrogens with zero attached hydrogens (tertiary/aromatic N) is 3. The summed E-state index contributed by atoms with van der Waals surface area (Å²) in [5.41, 5.74) is 0.926. The molecule has 1 atom stereocenters. The van der Waals surface area contributed by atoms with Gasteiger partial charge in [0, 0.05) is 6.08 Å². The van der Waals surface area contributed by atoms with Crippen molar-refractivity contribution in [2.75, 3.05) is 13.2 Å². The monoisotopic (exact) mass is 495 g/mol. The van der Waals surface area contributed by atoms with Crippen molar-refractivity contribution in [3.63, 3.8) is 0 Å². The molecule has 0 saturated carbocycles. The van der Waals surface area contributed by atoms with E-state index < -0.39 is 28.4 Å². The van der Waals surface area contributed by atoms with Crippen molar-refractivity contribution >= 4 is 29.3 Å². The fourth-order valence-corrected chi connectivity index (χ4v) is 4.68. The highest BCUT2D eigenvalue weighted by molar-refractivity contribution is 7.07. The van der Waals surface area contributed by atoms with Crippen molar-refractivity contribution in [1.82, 2.24) is 4.57 Å². The molecule has 1 aliphatic heterocycles. The first-order chi connectivity index (χ1) is 16.8. The fourth-order valence-electron chi connectivity index (χ4n) is 3.66. The number of nitro groups is 1. The second-order valence-electron chi connectivity index (χ2n) is 7.40. The van der Waals surface area contributed by atoms with Crippen LogP contribution in [-0.2, 0) is 9.53 Å². The van der Waals surface area contributed by atoms with Crippen molar-refractivity contribution in [3.8, 4) is 5.75 Å². The van der Waals surface area contributed by atoms with Gasteiger partial charge in [0.05, 0.1) is 34.5 Å². The zero-order chi connectivity index (χ0) is 25.1. The van der Waals surface area contributed by atoms with Crippen LogP contribution >= 0.6 is 11.3 Å². The maximum atomic E-state index is 13.5. The second kappa shape index (κ2) is 9.94. The number of fused-ring (bicyclic) bond motifs is 1. The molecule has 4 rings (SSSR count). The van der Waals surface area contributed by atoms with Crippen molar-refractivity contribution in [3.05, 3.63) is 101 Å². The molecule has 0 aliphatic carbocycles. The van der Waals surface area contributed by atoms with E-state index in [-0.39, 0.29) is 22.5 Å². The number of carbonyl (C=O) groups excluding carboxylic acids is 1. The van der Waals surface area contributed by atoms with Gasteiger partial charge in [-0.3, -0.25) is 19.5 Å². The third-order valence-electron chi connectivity index (χ3n) is 5.15. The topological polar surface area (TPSA) is 126 Å². The van der Waals surface area contributed by atoms with Crippen LogP contribution in [0, 0.1) is 10.1 Å². The zero-order valence-electron chi connectivity index (χ0n) is 18.9. The Balaban J connectivity index is 1.87. The number of benzene rings is 1. The minimum atomic E-state index is -0.785. The summed E-state index contributed by atoms with van der Waals surface area (Å²) in [6, 6.07) is 8.87. The van der Waals surface area contributed by atoms with Crippen LogP contribution in [0.2, 0.25) is 0 Å². The van der Waals surface area contributed by atoms with E-state index in [0.29, 0.717) is 28.4 Å². The van der Waals surface area contributed by atoms with Crippen LogP contribution in [0.25, 0.3) is 6.08 Å². The molecule has 3 aromatic rings. The van der Waals surface area contributed by atoms with Gasteiger partial charge in [0.1, 0.15) is 23.0 Å². The number of rotatable bonds is 8. The summed E-state index contributed by atoms with van der Waals surface area (Å²) in [6.45, 7) is 7.52. The number of hydrogen-bond acceptors (Lipinski definition) is 9. The lowest BCUT2D eigenvalue weighted by Crippen LogP contribution is -2.39. The second-order valence-corrected chi connectivity index (χ2v) is 8.41. The normalized spacial score (nSPS) is 15.4. The number of carbonyl (C=O) groups is 1. The average molecular weight is 496 g/mol. The lowest BCUT2D eigenvalue weighted by atomic mass is 9.96. The van der Waals surface area contributed by atoms with Gasteiger partial charge in [0.15, 0.2) is 4.80 Å². The maximum Gasteiger partial charge on any atom is 0.433 e. The molecule has 1 aliphatic rings. The van der Waals surface area contributed by atoms with Gasteiger partial charge in [-0.1, -0.05) is 36.1 Å². The highest BCUT2D eigenvalue weighted by Crippen LogP contribution is 2.31. The smallest absolute Gasteiger partial charge is 0.433 e. The fraction of sp³-hybridized carbons (Fsp3) is 0.208. The largest absolute Gasteiger partial charge is 0.490 e. The zero-order valence-corrected chi connectivity index (χ0v) is 19.7. The van der Waals surface area contributed by atoms with Crippen LogP contribution in [0.3, 0.4) is 0 Å². The van der Waals surface area contributed by atoms with Crippen molar-refractivity contribution in [2.45, 2.75) is 19.9 Å². The van der Waals surface area contributed by atoms with E-state index in [1.54, 1.807) is 44.2 Å². The van der Waals surface area contributed by atoms with Crippen molar-refractivity contribution in [2.24, 2.45) is 4.99 Å². The predicted molar refractivity (Wildman–Crippen MR) is 128 cm³/mol. The van der Waals surface area contributed by atoms with Crippen LogP contribution in [0.5, 0.6) is 5.75 Å². The van der Waals surface area contributed by atoms with Crippen LogP contribution in [-0.4, -0.2) is 28.7 Å². The van der Waals surface area contributed by atoms with Crippen LogP contribution in [0.1, 0.15) is 31.2 Å². The van der Waals surface area contributed by atoms with Gasteiger partial charge in [0.2, 0.25) is 0 Å². The summed E-state index contributed by atoms with van der Waals surface area (Å²) in [5.74, 6) is -0.231. The average Bonchev–Trinajstić information content (AvgIpc) is 3.42. The molecule has 11 heteroatoms. The number of furan rings is 1. The first-order valence-electron chi connectivity index (χ1n) is 10.6. The SMILES string of the molecule is C=CCOc1ccc([C@H]2C(C(=O)OCC)=C(C)N=c3sc(=Cc4ccc([N+](=O)[O-])o4)c(=O)n32)cc1. The molecule has 35 heavy (non-hydrogen) atoms. The van der Waals surface area contributed by atoms with E-state index in [4.69, 9.17) is 13.9 Å². The number of thiazole rings is 1. The van der Waals surface area contributed by atoms with E-state index in [2.05, 4.69) is 11.6 Å². The van der Waals surface area contributed by atoms with Gasteiger partial charge in [-0.2, -0.15) is 0 Å². The Morgan fingerprint density at radius 2 is 2.06 bits per heavy atom. The summed E-state index contributed by atoms with van der Waals surface area (Å²) >= 11 is 1.09. The number of allylic oxidation sites excluding steroid dienone is 1. The Morgan fingerprint density at radius 1 is 1.31 bits per heavy atom. The van der Waals surface area contributed by atoms with Crippen molar-refractivity contribution < 1.29 is 23.6 Å². The molecule has 2 aromatic heterocycles. The standard InChI is InChI=1S/C24H21N3O7S/c1-4-12-33-16-8-6-15(7-9-16)21-20(23(29)32-5-2)14(3)25-24-26(21)22(28)18(35-24)13-17-10-11-19(34-17)27(30)31/h4,6-11,13,21H,1,5,12H2,2-3H3/t21-/m0/s1. The molecule has 0 unspecified atom stereocenters. The summed E-state index contributed by atoms with van der Waals surface area (Å²) < 4.78 is 17.7. The summed E-state index contributed by atoms with van der Waals surface area (Å²) in [4.78, 5) is 41.5. The Bertz CT molecular complexity index is 1510. The molecule has 3 heterocycles. The van der Waals surface area contributed by atoms with Gasteiger partial charge in [-0.05, 0) is 37.6 Å². The highest BCUT2D eigenvalue weighted by Gasteiger charge is 2.33. The van der Waals surface area contributed by atoms with Crippen molar-refractivity contribution in [1.29, 1.82) is 0 Å². The van der Waals surface area contributed by atoms with Gasteiger partial charge in [-0.25, -0.2) is 9.79 Å². The summed E-state index contributed by atoms with van der Waals surface area (Å²) in [5, 5.41) is 10.9. The molecule has 0 N–H and O–H groups in total. The van der Waals surface area contributed by atoms with Crippen LogP contribution in [0.15, 0.2) is 74.5 Å². The number of hydrogen-bond donors (Lipinski definition) is 0. The van der Waals surface area contributed by atoms with Gasteiger partial charge in [-0.15, -0.1) is 0 Å². The van der Waals surface area contributed by atoms with Crippen LogP contribution in [0.4, 0.5) is 5.88 Å². The molecular formula is C24H21N3O7S. The summed E-state index contributed by atoms with van der Waals surface area (Å²) in [6.07, 6.45) is 3.05. The van der Waals surface area contributed by atoms with Crippen LogP contribution < -0.4 is 19.6 Å². The van der Waals surface area contributed by atoms with E-state index in [1.807, 2.05) is 0 Å². The van der Waals surface area contributed by atoms with Gasteiger partial charge in [0.25, 0.3) is 5.56 Å². The van der Waals surface area contributed by atoms with E-state index >= 15 is 0 Å². The number of ether oxygens (including phenoxy) is 2. The third-order valence-corrected chi connectivity index (χ3v) is 6.13. The first kappa shape index (κ1) is 23.9. The minimum absolute atomic E-state index is 0.156. The molecule has 10 nitrogen and oxygen atoms in total. The molecule has 180 valence electrons. The van der Waals surface area contributed by atoms with E-state index in [0.717, 1.165) is 11.3 Å². The Morgan fingerprint density at radius 3 is 2.69 bits per heavy atom. The Labute approximate surface area is 202 Å². The molecule has 0 fully saturated rings. The quantitative estimate of drug-likeness (QED) is 0.204. The molecule has 0 amide bonds. The lowest BCUT2D eigenvalue weighted by Gasteiger charge is -2.24. The molecule has 0 radical (unpaired) electrons. The summed E-state index contributed by atoms with van der Waals surface area (Å²) in [7, 11) is 0. The molecule has 0 saturated heterocycles. The number of aromatic nitrogens is 1. The highest BCUT2D eigenvalue weighted by atomic mass is 32.1. The minimum Gasteiger partial charge on any atom is -0.490 e. The first-order valence-corrected chi connectivity index (χ1v) is 11.4. The third kappa shape index (κ3) is 4.71. The van der Waals surface area contributed by atoms with Gasteiger partial charge < -0.3 is 13.9 Å². The van der Waals surface area contributed by atoms with E-state index in [9.17, 15) is 19.7 Å². The molecule has 0 bridgehead atoms. The number of esters is 1. The maximum absolute atomic E-state index is 13.5.